The maximum atomic E-state index is 13.4. The van der Waals surface area contributed by atoms with Gasteiger partial charge in [-0.3, -0.25) is 4.98 Å². The van der Waals surface area contributed by atoms with Crippen molar-refractivity contribution < 1.29 is 8.42 Å². The topological polar surface area (TPSA) is 91.3 Å². The van der Waals surface area contributed by atoms with Crippen molar-refractivity contribution in [1.29, 1.82) is 0 Å². The molecule has 0 fully saturated rings. The zero-order valence-corrected chi connectivity index (χ0v) is 16.1. The average Bonchev–Trinajstić information content (AvgIpc) is 3.44. The molecule has 0 saturated heterocycles. The lowest BCUT2D eigenvalue weighted by atomic mass is 10.1. The minimum atomic E-state index is -3.85. The van der Waals surface area contributed by atoms with Gasteiger partial charge < -0.3 is 4.98 Å². The SMILES string of the molecule is O=S(=O)(c1ccccc1)N1N=C(c2ccc[nH]2)CC1c1cnc2ccccc2n1. The Morgan fingerprint density at radius 2 is 1.69 bits per heavy atom. The van der Waals surface area contributed by atoms with Gasteiger partial charge in [0.15, 0.2) is 0 Å². The summed E-state index contributed by atoms with van der Waals surface area (Å²) in [5, 5.41) is 4.48. The minimum absolute atomic E-state index is 0.190. The number of H-pyrrole nitrogens is 1. The van der Waals surface area contributed by atoms with Crippen LogP contribution in [0.15, 0.2) is 89.1 Å². The summed E-state index contributed by atoms with van der Waals surface area (Å²) in [4.78, 5) is 12.4. The van der Waals surface area contributed by atoms with Gasteiger partial charge in [0.25, 0.3) is 10.0 Å². The highest BCUT2D eigenvalue weighted by molar-refractivity contribution is 7.89. The lowest BCUT2D eigenvalue weighted by molar-refractivity contribution is 0.365. The van der Waals surface area contributed by atoms with E-state index in [1.54, 1.807) is 42.7 Å². The first kappa shape index (κ1) is 17.6. The summed E-state index contributed by atoms with van der Waals surface area (Å²) < 4.78 is 27.9. The van der Waals surface area contributed by atoms with Crippen molar-refractivity contribution in [3.8, 4) is 0 Å². The number of nitrogens with one attached hydrogen (secondary N) is 1. The van der Waals surface area contributed by atoms with E-state index in [1.165, 1.54) is 0 Å². The second-order valence-corrected chi connectivity index (χ2v) is 8.52. The van der Waals surface area contributed by atoms with Gasteiger partial charge in [0.1, 0.15) is 6.04 Å². The number of hydrogen-bond acceptors (Lipinski definition) is 5. The second-order valence-electron chi connectivity index (χ2n) is 6.72. The normalized spacial score (nSPS) is 16.9. The third-order valence-electron chi connectivity index (χ3n) is 4.88. The number of aromatic nitrogens is 3. The highest BCUT2D eigenvalue weighted by Crippen LogP contribution is 2.36. The monoisotopic (exact) mass is 403 g/mol. The number of hydrogen-bond donors (Lipinski definition) is 1. The van der Waals surface area contributed by atoms with Gasteiger partial charge in [-0.1, -0.05) is 30.3 Å². The number of aromatic amines is 1. The number of fused-ring (bicyclic) bond motifs is 1. The van der Waals surface area contributed by atoms with Crippen molar-refractivity contribution >= 4 is 26.8 Å². The Kier molecular flexibility index (Phi) is 4.13. The summed E-state index contributed by atoms with van der Waals surface area (Å²) in [6.07, 6.45) is 3.82. The van der Waals surface area contributed by atoms with Crippen LogP contribution in [0.2, 0.25) is 0 Å². The highest BCUT2D eigenvalue weighted by atomic mass is 32.2. The van der Waals surface area contributed by atoms with Crippen molar-refractivity contribution in [3.05, 3.63) is 90.5 Å². The van der Waals surface area contributed by atoms with E-state index in [-0.39, 0.29) is 4.90 Å². The lowest BCUT2D eigenvalue weighted by Gasteiger charge is -2.22. The van der Waals surface area contributed by atoms with Gasteiger partial charge in [0.2, 0.25) is 0 Å². The fourth-order valence-corrected chi connectivity index (χ4v) is 4.88. The number of hydrazone groups is 1. The van der Waals surface area contributed by atoms with E-state index in [0.29, 0.717) is 17.8 Å². The van der Waals surface area contributed by atoms with Gasteiger partial charge in [-0.15, -0.1) is 0 Å². The predicted molar refractivity (Wildman–Crippen MR) is 110 cm³/mol. The van der Waals surface area contributed by atoms with Crippen molar-refractivity contribution in [2.75, 3.05) is 0 Å². The van der Waals surface area contributed by atoms with Crippen LogP contribution in [-0.2, 0) is 10.0 Å². The van der Waals surface area contributed by atoms with E-state index < -0.39 is 16.1 Å². The molecule has 29 heavy (non-hydrogen) atoms. The number of rotatable bonds is 4. The molecule has 0 spiro atoms. The molecule has 1 atom stereocenters. The summed E-state index contributed by atoms with van der Waals surface area (Å²) in [5.74, 6) is 0. The Morgan fingerprint density at radius 1 is 0.931 bits per heavy atom. The quantitative estimate of drug-likeness (QED) is 0.565. The maximum Gasteiger partial charge on any atom is 0.279 e. The van der Waals surface area contributed by atoms with Crippen LogP contribution in [0.25, 0.3) is 11.0 Å². The molecule has 2 aromatic heterocycles. The van der Waals surface area contributed by atoms with E-state index in [0.717, 1.165) is 21.1 Å². The highest BCUT2D eigenvalue weighted by Gasteiger charge is 2.39. The summed E-state index contributed by atoms with van der Waals surface area (Å²) in [6, 6.07) is 19.0. The van der Waals surface area contributed by atoms with Crippen molar-refractivity contribution in [1.82, 2.24) is 19.4 Å². The van der Waals surface area contributed by atoms with Crippen LogP contribution in [0.5, 0.6) is 0 Å². The molecule has 0 radical (unpaired) electrons. The molecule has 2 aromatic carbocycles. The van der Waals surface area contributed by atoms with Gasteiger partial charge in [0, 0.05) is 12.6 Å². The number of nitrogens with zero attached hydrogens (tertiary/aromatic N) is 4. The summed E-state index contributed by atoms with van der Waals surface area (Å²) in [6.45, 7) is 0. The molecular formula is C21H17N5O2S. The van der Waals surface area contributed by atoms with Crippen molar-refractivity contribution in [2.45, 2.75) is 17.4 Å². The van der Waals surface area contributed by atoms with Crippen molar-refractivity contribution in [3.63, 3.8) is 0 Å². The van der Waals surface area contributed by atoms with Crippen LogP contribution in [-0.4, -0.2) is 33.5 Å². The lowest BCUT2D eigenvalue weighted by Crippen LogP contribution is -2.28. The fraction of sp³-hybridized carbons (Fsp3) is 0.0952. The number of para-hydroxylation sites is 2. The van der Waals surface area contributed by atoms with Gasteiger partial charge in [0.05, 0.1) is 39.2 Å². The molecule has 0 aliphatic carbocycles. The summed E-state index contributed by atoms with van der Waals surface area (Å²) in [7, 11) is -3.85. The summed E-state index contributed by atoms with van der Waals surface area (Å²) in [5.41, 5.74) is 3.49. The van der Waals surface area contributed by atoms with Gasteiger partial charge >= 0.3 is 0 Å². The zero-order chi connectivity index (χ0) is 19.8. The van der Waals surface area contributed by atoms with E-state index in [9.17, 15) is 8.42 Å². The number of benzene rings is 2. The first-order chi connectivity index (χ1) is 14.1. The van der Waals surface area contributed by atoms with Gasteiger partial charge in [-0.25, -0.2) is 4.98 Å². The second kappa shape index (κ2) is 6.82. The van der Waals surface area contributed by atoms with Crippen LogP contribution in [0.3, 0.4) is 0 Å². The van der Waals surface area contributed by atoms with Crippen molar-refractivity contribution in [2.24, 2.45) is 5.10 Å². The Morgan fingerprint density at radius 3 is 2.45 bits per heavy atom. The molecule has 4 aromatic rings. The molecule has 1 unspecified atom stereocenters. The molecule has 1 aliphatic heterocycles. The first-order valence-corrected chi connectivity index (χ1v) is 10.6. The van der Waals surface area contributed by atoms with Crippen LogP contribution >= 0.6 is 0 Å². The number of sulfonamides is 1. The Bertz CT molecular complexity index is 1300. The molecule has 0 saturated carbocycles. The maximum absolute atomic E-state index is 13.4. The average molecular weight is 403 g/mol. The molecule has 0 amide bonds. The molecule has 1 N–H and O–H groups in total. The van der Waals surface area contributed by atoms with E-state index in [1.807, 2.05) is 36.4 Å². The third-order valence-corrected chi connectivity index (χ3v) is 6.57. The summed E-state index contributed by atoms with van der Waals surface area (Å²) >= 11 is 0. The molecule has 144 valence electrons. The van der Waals surface area contributed by atoms with E-state index >= 15 is 0 Å². The van der Waals surface area contributed by atoms with Gasteiger partial charge in [-0.2, -0.15) is 17.9 Å². The van der Waals surface area contributed by atoms with E-state index in [2.05, 4.69) is 20.1 Å². The third kappa shape index (κ3) is 3.07. The predicted octanol–water partition coefficient (Wildman–Crippen LogP) is 3.50. The first-order valence-electron chi connectivity index (χ1n) is 9.15. The molecular weight excluding hydrogens is 386 g/mol. The van der Waals surface area contributed by atoms with E-state index in [4.69, 9.17) is 0 Å². The smallest absolute Gasteiger partial charge is 0.279 e. The minimum Gasteiger partial charge on any atom is -0.360 e. The zero-order valence-electron chi connectivity index (χ0n) is 15.3. The largest absolute Gasteiger partial charge is 0.360 e. The van der Waals surface area contributed by atoms with Crippen LogP contribution in [0.1, 0.15) is 23.9 Å². The van der Waals surface area contributed by atoms with Crippen LogP contribution in [0.4, 0.5) is 0 Å². The Balaban J connectivity index is 1.62. The van der Waals surface area contributed by atoms with Gasteiger partial charge in [-0.05, 0) is 36.4 Å². The molecule has 5 rings (SSSR count). The standard InChI is InChI=1S/C21H17N5O2S/c27-29(28,15-7-2-1-3-8-15)26-21(13-19(25-26)17-11-6-12-22-17)20-14-23-16-9-4-5-10-18(16)24-20/h1-12,14,21-22H,13H2. The molecule has 8 heteroatoms. The van der Waals surface area contributed by atoms with Crippen LogP contribution in [0, 0.1) is 0 Å². The Labute approximate surface area is 167 Å². The molecule has 3 heterocycles. The molecule has 7 nitrogen and oxygen atoms in total. The van der Waals surface area contributed by atoms with Crippen LogP contribution < -0.4 is 0 Å². The Hall–Kier alpha value is -3.52. The molecule has 0 bridgehead atoms. The molecule has 1 aliphatic rings. The fourth-order valence-electron chi connectivity index (χ4n) is 3.44.